The van der Waals surface area contributed by atoms with Crippen molar-refractivity contribution in [3.8, 4) is 0 Å². The SMILES string of the molecule is COCc1c(C(=O)N2CCC(C(=O)NCc3ccc(C)c(F)c3)CC2)sc2cccc(F)c12. The zero-order valence-electron chi connectivity index (χ0n) is 18.6. The molecule has 0 unspecified atom stereocenters. The molecule has 0 aliphatic carbocycles. The molecule has 0 spiro atoms. The first-order valence-corrected chi connectivity index (χ1v) is 11.7. The number of thiophene rings is 1. The van der Waals surface area contributed by atoms with Crippen LogP contribution in [0.5, 0.6) is 0 Å². The molecule has 2 heterocycles. The molecule has 4 rings (SSSR count). The lowest BCUT2D eigenvalue weighted by Gasteiger charge is -2.31. The number of carbonyl (C=O) groups is 2. The summed E-state index contributed by atoms with van der Waals surface area (Å²) in [4.78, 5) is 28.1. The van der Waals surface area contributed by atoms with E-state index in [0.717, 1.165) is 0 Å². The summed E-state index contributed by atoms with van der Waals surface area (Å²) in [6, 6.07) is 9.74. The summed E-state index contributed by atoms with van der Waals surface area (Å²) in [7, 11) is 1.52. The Morgan fingerprint density at radius 2 is 1.91 bits per heavy atom. The van der Waals surface area contributed by atoms with E-state index in [1.807, 2.05) is 0 Å². The number of benzene rings is 2. The van der Waals surface area contributed by atoms with Gasteiger partial charge in [-0.1, -0.05) is 18.2 Å². The number of carbonyl (C=O) groups excluding carboxylic acids is 2. The van der Waals surface area contributed by atoms with E-state index in [9.17, 15) is 18.4 Å². The van der Waals surface area contributed by atoms with Gasteiger partial charge in [-0.05, 0) is 49.1 Å². The molecule has 0 saturated carbocycles. The van der Waals surface area contributed by atoms with E-state index in [2.05, 4.69) is 5.32 Å². The number of hydrogen-bond acceptors (Lipinski definition) is 4. The highest BCUT2D eigenvalue weighted by Gasteiger charge is 2.30. The van der Waals surface area contributed by atoms with E-state index < -0.39 is 0 Å². The molecule has 0 radical (unpaired) electrons. The van der Waals surface area contributed by atoms with E-state index >= 15 is 0 Å². The van der Waals surface area contributed by atoms with Crippen molar-refractivity contribution in [2.24, 2.45) is 5.92 Å². The number of methoxy groups -OCH3 is 1. The minimum Gasteiger partial charge on any atom is -0.380 e. The van der Waals surface area contributed by atoms with Gasteiger partial charge in [-0.2, -0.15) is 0 Å². The Labute approximate surface area is 195 Å². The number of nitrogens with zero attached hydrogens (tertiary/aromatic N) is 1. The molecule has 0 bridgehead atoms. The average Bonchev–Trinajstić information content (AvgIpc) is 3.19. The molecule has 1 aromatic heterocycles. The Hall–Kier alpha value is -2.84. The Kier molecular flexibility index (Phi) is 7.05. The summed E-state index contributed by atoms with van der Waals surface area (Å²) in [5, 5.41) is 3.32. The van der Waals surface area contributed by atoms with Gasteiger partial charge in [0.2, 0.25) is 5.91 Å². The number of fused-ring (bicyclic) bond motifs is 1. The molecule has 1 aliphatic rings. The lowest BCUT2D eigenvalue weighted by molar-refractivity contribution is -0.126. The van der Waals surface area contributed by atoms with Crippen LogP contribution in [0.15, 0.2) is 36.4 Å². The van der Waals surface area contributed by atoms with Crippen molar-refractivity contribution in [2.45, 2.75) is 32.9 Å². The quantitative estimate of drug-likeness (QED) is 0.561. The Morgan fingerprint density at radius 3 is 2.61 bits per heavy atom. The summed E-state index contributed by atoms with van der Waals surface area (Å²) in [6.07, 6.45) is 1.08. The number of piperidine rings is 1. The molecule has 8 heteroatoms. The third kappa shape index (κ3) is 4.91. The monoisotopic (exact) mass is 472 g/mol. The van der Waals surface area contributed by atoms with Gasteiger partial charge in [0.25, 0.3) is 5.91 Å². The second kappa shape index (κ2) is 9.97. The fourth-order valence-corrected chi connectivity index (χ4v) is 5.38. The van der Waals surface area contributed by atoms with Crippen LogP contribution in [-0.2, 0) is 22.7 Å². The van der Waals surface area contributed by atoms with Gasteiger partial charge in [0.05, 0.1) is 11.5 Å². The number of rotatable bonds is 6. The van der Waals surface area contributed by atoms with E-state index in [1.165, 1.54) is 30.6 Å². The molecule has 1 fully saturated rings. The van der Waals surface area contributed by atoms with Gasteiger partial charge < -0.3 is 15.0 Å². The number of likely N-dealkylation sites (tertiary alicyclic amines) is 1. The van der Waals surface area contributed by atoms with E-state index in [-0.39, 0.29) is 42.5 Å². The number of amides is 2. The third-order valence-corrected chi connectivity index (χ3v) is 7.29. The number of ether oxygens (including phenoxy) is 1. The minimum absolute atomic E-state index is 0.0907. The second-order valence-corrected chi connectivity index (χ2v) is 9.38. The van der Waals surface area contributed by atoms with Gasteiger partial charge in [0.1, 0.15) is 11.6 Å². The molecule has 2 amide bonds. The van der Waals surface area contributed by atoms with Crippen LogP contribution >= 0.6 is 11.3 Å². The summed E-state index contributed by atoms with van der Waals surface area (Å²) in [6.45, 7) is 3.00. The molecule has 33 heavy (non-hydrogen) atoms. The van der Waals surface area contributed by atoms with Gasteiger partial charge in [-0.15, -0.1) is 11.3 Å². The van der Waals surface area contributed by atoms with Gasteiger partial charge in [-0.25, -0.2) is 8.78 Å². The Balaban J connectivity index is 1.39. The van der Waals surface area contributed by atoms with E-state index in [0.29, 0.717) is 57.6 Å². The zero-order valence-corrected chi connectivity index (χ0v) is 19.4. The summed E-state index contributed by atoms with van der Waals surface area (Å²) >= 11 is 1.27. The number of aryl methyl sites for hydroxylation is 1. The summed E-state index contributed by atoms with van der Waals surface area (Å²) in [5.74, 6) is -1.10. The first-order valence-electron chi connectivity index (χ1n) is 10.9. The first-order chi connectivity index (χ1) is 15.9. The van der Waals surface area contributed by atoms with Gasteiger partial charge in [-0.3, -0.25) is 9.59 Å². The topological polar surface area (TPSA) is 58.6 Å². The van der Waals surface area contributed by atoms with Crippen LogP contribution in [0.2, 0.25) is 0 Å². The van der Waals surface area contributed by atoms with Crippen LogP contribution in [0.25, 0.3) is 10.1 Å². The molecule has 1 aliphatic heterocycles. The van der Waals surface area contributed by atoms with Crippen molar-refractivity contribution < 1.29 is 23.1 Å². The molecule has 1 saturated heterocycles. The maximum Gasteiger partial charge on any atom is 0.264 e. The highest BCUT2D eigenvalue weighted by Crippen LogP contribution is 2.35. The summed E-state index contributed by atoms with van der Waals surface area (Å²) < 4.78 is 34.1. The van der Waals surface area contributed by atoms with Crippen LogP contribution < -0.4 is 5.32 Å². The molecule has 0 atom stereocenters. The first kappa shape index (κ1) is 23.3. The standard InChI is InChI=1S/C25H26F2N2O3S/c1-15-6-7-16(12-20(15)27)13-28-24(30)17-8-10-29(11-9-17)25(31)23-18(14-32-2)22-19(26)4-3-5-21(22)33-23/h3-7,12,17H,8-11,13-14H2,1-2H3,(H,28,30). The lowest BCUT2D eigenvalue weighted by Crippen LogP contribution is -2.43. The van der Waals surface area contributed by atoms with Crippen molar-refractivity contribution in [1.29, 1.82) is 0 Å². The lowest BCUT2D eigenvalue weighted by atomic mass is 9.95. The molecule has 3 aromatic rings. The number of halogens is 2. The predicted octanol–water partition coefficient (Wildman–Crippen LogP) is 4.80. The third-order valence-electron chi connectivity index (χ3n) is 6.10. The molecule has 5 nitrogen and oxygen atoms in total. The van der Waals surface area contributed by atoms with Crippen LogP contribution in [0.4, 0.5) is 8.78 Å². The normalized spacial score (nSPS) is 14.6. The maximum atomic E-state index is 14.4. The predicted molar refractivity (Wildman–Crippen MR) is 124 cm³/mol. The average molecular weight is 473 g/mol. The number of hydrogen-bond donors (Lipinski definition) is 1. The smallest absolute Gasteiger partial charge is 0.264 e. The van der Waals surface area contributed by atoms with E-state index in [4.69, 9.17) is 4.74 Å². The van der Waals surface area contributed by atoms with Crippen molar-refractivity contribution in [3.63, 3.8) is 0 Å². The second-order valence-electron chi connectivity index (χ2n) is 8.32. The van der Waals surface area contributed by atoms with Gasteiger partial charge in [0.15, 0.2) is 0 Å². The minimum atomic E-state index is -0.362. The number of nitrogens with one attached hydrogen (secondary N) is 1. The Morgan fingerprint density at radius 1 is 1.15 bits per heavy atom. The molecular weight excluding hydrogens is 446 g/mol. The van der Waals surface area contributed by atoms with Gasteiger partial charge >= 0.3 is 0 Å². The highest BCUT2D eigenvalue weighted by molar-refractivity contribution is 7.21. The fraction of sp³-hybridized carbons (Fsp3) is 0.360. The van der Waals surface area contributed by atoms with Gasteiger partial charge in [0, 0.05) is 48.3 Å². The molecule has 1 N–H and O–H groups in total. The maximum absolute atomic E-state index is 14.4. The van der Waals surface area contributed by atoms with E-state index in [1.54, 1.807) is 36.1 Å². The van der Waals surface area contributed by atoms with Crippen LogP contribution in [0.1, 0.15) is 39.2 Å². The van der Waals surface area contributed by atoms with Crippen molar-refractivity contribution in [1.82, 2.24) is 10.2 Å². The van der Waals surface area contributed by atoms with Crippen LogP contribution in [-0.4, -0.2) is 36.9 Å². The molecular formula is C25H26F2N2O3S. The summed E-state index contributed by atoms with van der Waals surface area (Å²) in [5.41, 5.74) is 1.85. The highest BCUT2D eigenvalue weighted by atomic mass is 32.1. The zero-order chi connectivity index (χ0) is 23.5. The Bertz CT molecular complexity index is 1190. The largest absolute Gasteiger partial charge is 0.380 e. The van der Waals surface area contributed by atoms with Crippen molar-refractivity contribution in [2.75, 3.05) is 20.2 Å². The van der Waals surface area contributed by atoms with Crippen molar-refractivity contribution in [3.05, 3.63) is 69.6 Å². The fourth-order valence-electron chi connectivity index (χ4n) is 4.19. The van der Waals surface area contributed by atoms with Crippen LogP contribution in [0, 0.1) is 24.5 Å². The van der Waals surface area contributed by atoms with Crippen molar-refractivity contribution >= 4 is 33.2 Å². The van der Waals surface area contributed by atoms with Crippen LogP contribution in [0.3, 0.4) is 0 Å². The molecule has 2 aromatic carbocycles. The molecule has 174 valence electrons.